The van der Waals surface area contributed by atoms with E-state index in [0.29, 0.717) is 16.7 Å². The summed E-state index contributed by atoms with van der Waals surface area (Å²) in [5.41, 5.74) is 2.10. The molecule has 0 saturated carbocycles. The zero-order valence-corrected chi connectivity index (χ0v) is 9.26. The number of methoxy groups -OCH3 is 1. The molecule has 0 spiro atoms. The van der Waals surface area contributed by atoms with E-state index in [0.717, 1.165) is 5.56 Å². The third-order valence-corrected chi connectivity index (χ3v) is 2.43. The van der Waals surface area contributed by atoms with Crippen LogP contribution in [-0.4, -0.2) is 13.1 Å². The fraction of sp³-hybridized carbons (Fsp3) is 0.273. The summed E-state index contributed by atoms with van der Waals surface area (Å²) in [5.74, 6) is -0.338. The van der Waals surface area contributed by atoms with Gasteiger partial charge >= 0.3 is 5.97 Å². The fourth-order valence-electron chi connectivity index (χ4n) is 1.39. The Morgan fingerprint density at radius 1 is 1.60 bits per heavy atom. The molecule has 0 aliphatic rings. The van der Waals surface area contributed by atoms with Crippen LogP contribution in [0.3, 0.4) is 0 Å². The highest BCUT2D eigenvalue weighted by Gasteiger charge is 2.17. The predicted molar refractivity (Wildman–Crippen MR) is 56.8 cm³/mol. The second kappa shape index (κ2) is 4.81. The van der Waals surface area contributed by atoms with Crippen LogP contribution in [0.4, 0.5) is 0 Å². The Bertz CT molecular complexity index is 435. The molecule has 0 saturated heterocycles. The van der Waals surface area contributed by atoms with Gasteiger partial charge in [0.25, 0.3) is 0 Å². The lowest BCUT2D eigenvalue weighted by molar-refractivity contribution is 0.0599. The van der Waals surface area contributed by atoms with E-state index in [1.165, 1.54) is 7.11 Å². The summed E-state index contributed by atoms with van der Waals surface area (Å²) in [6.45, 7) is 1.78. The van der Waals surface area contributed by atoms with Crippen molar-refractivity contribution in [3.63, 3.8) is 0 Å². The van der Waals surface area contributed by atoms with E-state index in [-0.39, 0.29) is 5.88 Å². The van der Waals surface area contributed by atoms with E-state index in [1.807, 2.05) is 6.07 Å². The molecule has 0 atom stereocenters. The zero-order valence-electron chi connectivity index (χ0n) is 8.50. The number of nitriles is 1. The molecule has 0 aromatic heterocycles. The Morgan fingerprint density at radius 2 is 2.27 bits per heavy atom. The molecule has 0 aliphatic carbocycles. The summed E-state index contributed by atoms with van der Waals surface area (Å²) >= 11 is 5.73. The van der Waals surface area contributed by atoms with Crippen LogP contribution >= 0.6 is 11.6 Å². The minimum Gasteiger partial charge on any atom is -0.465 e. The second-order valence-corrected chi connectivity index (χ2v) is 3.29. The zero-order chi connectivity index (χ0) is 11.4. The molecule has 0 N–H and O–H groups in total. The Hall–Kier alpha value is -1.53. The van der Waals surface area contributed by atoms with Gasteiger partial charge in [-0.1, -0.05) is 6.07 Å². The molecule has 4 heteroatoms. The van der Waals surface area contributed by atoms with Gasteiger partial charge in [-0.2, -0.15) is 5.26 Å². The molecule has 1 aromatic rings. The Balaban J connectivity index is 3.47. The number of esters is 1. The summed E-state index contributed by atoms with van der Waals surface area (Å²) < 4.78 is 4.65. The minimum atomic E-state index is -0.458. The van der Waals surface area contributed by atoms with Gasteiger partial charge in [-0.3, -0.25) is 0 Å². The van der Waals surface area contributed by atoms with Crippen LogP contribution in [0.25, 0.3) is 0 Å². The lowest BCUT2D eigenvalue weighted by Gasteiger charge is -2.09. The number of ether oxygens (including phenoxy) is 1. The highest BCUT2D eigenvalue weighted by Crippen LogP contribution is 2.21. The molecular formula is C11H10ClNO2. The fourth-order valence-corrected chi connectivity index (χ4v) is 1.67. The standard InChI is InChI=1S/C11H10ClNO2/c1-7-3-4-8(6-13)9(5-12)10(7)11(14)15-2/h3-4H,5H2,1-2H3. The number of hydrogen-bond donors (Lipinski definition) is 0. The summed E-state index contributed by atoms with van der Waals surface area (Å²) in [6, 6.07) is 5.36. The first-order valence-electron chi connectivity index (χ1n) is 4.32. The highest BCUT2D eigenvalue weighted by atomic mass is 35.5. The van der Waals surface area contributed by atoms with Crippen LogP contribution in [-0.2, 0) is 10.6 Å². The van der Waals surface area contributed by atoms with E-state index >= 15 is 0 Å². The SMILES string of the molecule is COC(=O)c1c(C)ccc(C#N)c1CCl. The van der Waals surface area contributed by atoms with Crippen LogP contribution in [0.15, 0.2) is 12.1 Å². The lowest BCUT2D eigenvalue weighted by atomic mass is 9.98. The molecule has 0 fully saturated rings. The van der Waals surface area contributed by atoms with Gasteiger partial charge < -0.3 is 4.74 Å². The van der Waals surface area contributed by atoms with Crippen molar-refractivity contribution in [3.05, 3.63) is 34.4 Å². The first kappa shape index (κ1) is 11.5. The second-order valence-electron chi connectivity index (χ2n) is 3.02. The van der Waals surface area contributed by atoms with Crippen LogP contribution in [0, 0.1) is 18.3 Å². The van der Waals surface area contributed by atoms with Crippen molar-refractivity contribution in [2.45, 2.75) is 12.8 Å². The molecule has 0 amide bonds. The van der Waals surface area contributed by atoms with Gasteiger partial charge in [0.05, 0.1) is 24.3 Å². The average Bonchev–Trinajstić information content (AvgIpc) is 2.27. The topological polar surface area (TPSA) is 50.1 Å². The number of nitrogens with zero attached hydrogens (tertiary/aromatic N) is 1. The Morgan fingerprint density at radius 3 is 2.73 bits per heavy atom. The van der Waals surface area contributed by atoms with Crippen molar-refractivity contribution >= 4 is 17.6 Å². The summed E-state index contributed by atoms with van der Waals surface area (Å²) in [4.78, 5) is 11.5. The van der Waals surface area contributed by atoms with Crippen molar-refractivity contribution < 1.29 is 9.53 Å². The Labute approximate surface area is 93.2 Å². The third kappa shape index (κ3) is 2.11. The lowest BCUT2D eigenvalue weighted by Crippen LogP contribution is -2.09. The van der Waals surface area contributed by atoms with Gasteiger partial charge in [-0.25, -0.2) is 4.79 Å². The molecule has 0 unspecified atom stereocenters. The minimum absolute atomic E-state index is 0.120. The normalized spacial score (nSPS) is 9.47. The molecule has 3 nitrogen and oxygen atoms in total. The van der Waals surface area contributed by atoms with Gasteiger partial charge in [0.1, 0.15) is 0 Å². The van der Waals surface area contributed by atoms with Crippen molar-refractivity contribution in [2.75, 3.05) is 7.11 Å². The summed E-state index contributed by atoms with van der Waals surface area (Å²) in [6.07, 6.45) is 0. The van der Waals surface area contributed by atoms with Gasteiger partial charge in [0.2, 0.25) is 0 Å². The molecule has 1 aromatic carbocycles. The first-order valence-corrected chi connectivity index (χ1v) is 4.86. The molecule has 78 valence electrons. The molecular weight excluding hydrogens is 214 g/mol. The van der Waals surface area contributed by atoms with Crippen molar-refractivity contribution in [1.29, 1.82) is 5.26 Å². The third-order valence-electron chi connectivity index (χ3n) is 2.16. The van der Waals surface area contributed by atoms with E-state index in [9.17, 15) is 4.79 Å². The monoisotopic (exact) mass is 223 g/mol. The van der Waals surface area contributed by atoms with Crippen molar-refractivity contribution in [2.24, 2.45) is 0 Å². The number of carbonyl (C=O) groups is 1. The van der Waals surface area contributed by atoms with Gasteiger partial charge in [-0.15, -0.1) is 11.6 Å². The van der Waals surface area contributed by atoms with E-state index in [2.05, 4.69) is 4.74 Å². The van der Waals surface area contributed by atoms with Gasteiger partial charge in [0, 0.05) is 5.88 Å². The molecule has 0 heterocycles. The quantitative estimate of drug-likeness (QED) is 0.571. The number of alkyl halides is 1. The number of hydrogen-bond acceptors (Lipinski definition) is 3. The summed E-state index contributed by atoms with van der Waals surface area (Å²) in [7, 11) is 1.30. The van der Waals surface area contributed by atoms with Crippen LogP contribution in [0.1, 0.15) is 27.0 Å². The van der Waals surface area contributed by atoms with E-state index < -0.39 is 5.97 Å². The molecule has 0 aliphatic heterocycles. The van der Waals surface area contributed by atoms with E-state index in [4.69, 9.17) is 16.9 Å². The largest absolute Gasteiger partial charge is 0.465 e. The highest BCUT2D eigenvalue weighted by molar-refractivity contribution is 6.18. The average molecular weight is 224 g/mol. The number of benzene rings is 1. The number of carbonyl (C=O) groups excluding carboxylic acids is 1. The van der Waals surface area contributed by atoms with Crippen LogP contribution < -0.4 is 0 Å². The van der Waals surface area contributed by atoms with E-state index in [1.54, 1.807) is 19.1 Å². The van der Waals surface area contributed by atoms with Crippen LogP contribution in [0.2, 0.25) is 0 Å². The number of halogens is 1. The maximum Gasteiger partial charge on any atom is 0.338 e. The Kier molecular flexibility index (Phi) is 3.70. The van der Waals surface area contributed by atoms with Gasteiger partial charge in [0.15, 0.2) is 0 Å². The van der Waals surface area contributed by atoms with Crippen molar-refractivity contribution in [3.8, 4) is 6.07 Å². The molecule has 0 radical (unpaired) electrons. The maximum atomic E-state index is 11.5. The van der Waals surface area contributed by atoms with Crippen LogP contribution in [0.5, 0.6) is 0 Å². The molecule has 0 bridgehead atoms. The smallest absolute Gasteiger partial charge is 0.338 e. The number of aryl methyl sites for hydroxylation is 1. The predicted octanol–water partition coefficient (Wildman–Crippen LogP) is 2.39. The molecule has 15 heavy (non-hydrogen) atoms. The maximum absolute atomic E-state index is 11.5. The summed E-state index contributed by atoms with van der Waals surface area (Å²) in [5, 5.41) is 8.86. The van der Waals surface area contributed by atoms with Crippen molar-refractivity contribution in [1.82, 2.24) is 0 Å². The molecule has 1 rings (SSSR count). The van der Waals surface area contributed by atoms with Gasteiger partial charge in [-0.05, 0) is 24.1 Å². The number of rotatable bonds is 2. The first-order chi connectivity index (χ1) is 7.15.